The molecule has 0 aromatic heterocycles. The zero-order valence-corrected chi connectivity index (χ0v) is 14.7. The first-order valence-electron chi connectivity index (χ1n) is 7.60. The molecule has 5 heteroatoms. The van der Waals surface area contributed by atoms with E-state index in [0.717, 1.165) is 16.8 Å². The third kappa shape index (κ3) is 2.42. The SMILES string of the molecule is CCC(O)C1(c2ccccc2)c2cc(Cl)ccc2NC(=S)N1C. The second kappa shape index (κ2) is 6.11. The van der Waals surface area contributed by atoms with Crippen LogP contribution in [0.3, 0.4) is 0 Å². The fraction of sp³-hybridized carbons (Fsp3) is 0.278. The number of aliphatic hydroxyl groups excluding tert-OH is 1. The van der Waals surface area contributed by atoms with Crippen LogP contribution in [0.15, 0.2) is 48.5 Å². The van der Waals surface area contributed by atoms with Gasteiger partial charge in [-0.05, 0) is 42.4 Å². The Morgan fingerprint density at radius 2 is 1.96 bits per heavy atom. The number of rotatable bonds is 3. The monoisotopic (exact) mass is 346 g/mol. The molecule has 1 aliphatic heterocycles. The van der Waals surface area contributed by atoms with E-state index in [-0.39, 0.29) is 0 Å². The highest BCUT2D eigenvalue weighted by Crippen LogP contribution is 2.46. The molecule has 2 aromatic rings. The number of halogens is 1. The van der Waals surface area contributed by atoms with Crippen LogP contribution < -0.4 is 5.32 Å². The molecule has 0 aliphatic carbocycles. The Morgan fingerprint density at radius 1 is 1.26 bits per heavy atom. The van der Waals surface area contributed by atoms with Crippen LogP contribution in [0.5, 0.6) is 0 Å². The smallest absolute Gasteiger partial charge is 0.174 e. The molecular formula is C18H19ClN2OS. The van der Waals surface area contributed by atoms with E-state index in [0.29, 0.717) is 16.6 Å². The predicted molar refractivity (Wildman–Crippen MR) is 99.0 cm³/mol. The summed E-state index contributed by atoms with van der Waals surface area (Å²) in [5, 5.41) is 15.5. The first kappa shape index (κ1) is 16.2. The number of aliphatic hydroxyl groups is 1. The summed E-state index contributed by atoms with van der Waals surface area (Å²) in [6.45, 7) is 1.97. The number of likely N-dealkylation sites (N-methyl/N-ethyl adjacent to an activating group) is 1. The van der Waals surface area contributed by atoms with Crippen molar-refractivity contribution in [2.45, 2.75) is 25.0 Å². The lowest BCUT2D eigenvalue weighted by Gasteiger charge is -2.50. The molecule has 0 bridgehead atoms. The number of benzene rings is 2. The summed E-state index contributed by atoms with van der Waals surface area (Å²) in [5.41, 5.74) is 2.04. The number of fused-ring (bicyclic) bond motifs is 1. The van der Waals surface area contributed by atoms with Gasteiger partial charge in [0.05, 0.1) is 6.10 Å². The second-order valence-electron chi connectivity index (χ2n) is 5.74. The lowest BCUT2D eigenvalue weighted by molar-refractivity contribution is 0.0349. The van der Waals surface area contributed by atoms with Crippen LogP contribution in [0.25, 0.3) is 0 Å². The summed E-state index contributed by atoms with van der Waals surface area (Å²) in [4.78, 5) is 1.94. The van der Waals surface area contributed by atoms with E-state index < -0.39 is 11.6 Å². The van der Waals surface area contributed by atoms with Crippen molar-refractivity contribution in [1.29, 1.82) is 0 Å². The summed E-state index contributed by atoms with van der Waals surface area (Å²) in [5.74, 6) is 0. The van der Waals surface area contributed by atoms with Crippen molar-refractivity contribution in [3.05, 3.63) is 64.7 Å². The topological polar surface area (TPSA) is 35.5 Å². The van der Waals surface area contributed by atoms with Gasteiger partial charge in [-0.15, -0.1) is 0 Å². The molecule has 0 radical (unpaired) electrons. The standard InChI is InChI=1S/C18H19ClN2OS/c1-3-16(22)18(12-7-5-4-6-8-12)14-11-13(19)9-10-15(14)20-17(23)21(18)2/h4-11,16,22H,3H2,1-2H3,(H,20,23). The second-order valence-corrected chi connectivity index (χ2v) is 6.56. The molecule has 1 heterocycles. The summed E-state index contributed by atoms with van der Waals surface area (Å²) in [7, 11) is 1.91. The molecule has 2 unspecified atom stereocenters. The van der Waals surface area contributed by atoms with E-state index >= 15 is 0 Å². The first-order chi connectivity index (χ1) is 11.0. The van der Waals surface area contributed by atoms with E-state index in [1.807, 2.05) is 67.4 Å². The fourth-order valence-corrected chi connectivity index (χ4v) is 3.84. The Kier molecular flexibility index (Phi) is 4.32. The van der Waals surface area contributed by atoms with E-state index in [2.05, 4.69) is 5.32 Å². The molecule has 2 aromatic carbocycles. The Labute approximate surface area is 146 Å². The normalized spacial score (nSPS) is 21.6. The minimum atomic E-state index is -0.765. The summed E-state index contributed by atoms with van der Waals surface area (Å²) in [6, 6.07) is 15.6. The maximum Gasteiger partial charge on any atom is 0.174 e. The first-order valence-corrected chi connectivity index (χ1v) is 8.38. The van der Waals surface area contributed by atoms with Gasteiger partial charge in [0.2, 0.25) is 0 Å². The molecule has 0 saturated carbocycles. The van der Waals surface area contributed by atoms with Crippen LogP contribution in [0.1, 0.15) is 24.5 Å². The molecule has 0 amide bonds. The lowest BCUT2D eigenvalue weighted by atomic mass is 9.74. The molecule has 3 rings (SSSR count). The maximum absolute atomic E-state index is 11.0. The van der Waals surface area contributed by atoms with Crippen molar-refractivity contribution < 1.29 is 5.11 Å². The Bertz CT molecular complexity index is 737. The lowest BCUT2D eigenvalue weighted by Crippen LogP contribution is -2.59. The molecule has 0 saturated heterocycles. The maximum atomic E-state index is 11.0. The van der Waals surface area contributed by atoms with Crippen LogP contribution in [0.2, 0.25) is 5.02 Å². The molecular weight excluding hydrogens is 328 g/mol. The molecule has 0 spiro atoms. The van der Waals surface area contributed by atoms with E-state index in [1.54, 1.807) is 0 Å². The molecule has 3 nitrogen and oxygen atoms in total. The van der Waals surface area contributed by atoms with Gasteiger partial charge in [-0.2, -0.15) is 0 Å². The number of hydrogen-bond donors (Lipinski definition) is 2. The zero-order valence-electron chi connectivity index (χ0n) is 13.1. The van der Waals surface area contributed by atoms with Crippen molar-refractivity contribution >= 4 is 34.6 Å². The van der Waals surface area contributed by atoms with Crippen LogP contribution in [-0.2, 0) is 5.54 Å². The third-order valence-electron chi connectivity index (χ3n) is 4.55. The number of nitrogens with zero attached hydrogens (tertiary/aromatic N) is 1. The van der Waals surface area contributed by atoms with Gasteiger partial charge in [0.1, 0.15) is 5.54 Å². The minimum Gasteiger partial charge on any atom is -0.390 e. The van der Waals surface area contributed by atoms with Gasteiger partial charge in [0.15, 0.2) is 5.11 Å². The minimum absolute atomic E-state index is 0.580. The van der Waals surface area contributed by atoms with Gasteiger partial charge in [-0.3, -0.25) is 0 Å². The highest BCUT2D eigenvalue weighted by Gasteiger charge is 2.49. The number of anilines is 1. The van der Waals surface area contributed by atoms with Crippen LogP contribution in [0.4, 0.5) is 5.69 Å². The average Bonchev–Trinajstić information content (AvgIpc) is 2.57. The number of thiocarbonyl (C=S) groups is 1. The van der Waals surface area contributed by atoms with Crippen molar-refractivity contribution in [1.82, 2.24) is 4.90 Å². The highest BCUT2D eigenvalue weighted by molar-refractivity contribution is 7.80. The predicted octanol–water partition coefficient (Wildman–Crippen LogP) is 4.00. The van der Waals surface area contributed by atoms with Crippen LogP contribution in [0, 0.1) is 0 Å². The van der Waals surface area contributed by atoms with Crippen molar-refractivity contribution in [2.75, 3.05) is 12.4 Å². The van der Waals surface area contributed by atoms with E-state index in [4.69, 9.17) is 23.8 Å². The van der Waals surface area contributed by atoms with Gasteiger partial charge in [-0.1, -0.05) is 48.9 Å². The van der Waals surface area contributed by atoms with Gasteiger partial charge >= 0.3 is 0 Å². The van der Waals surface area contributed by atoms with Crippen LogP contribution in [-0.4, -0.2) is 28.3 Å². The molecule has 23 heavy (non-hydrogen) atoms. The van der Waals surface area contributed by atoms with Gasteiger partial charge in [-0.25, -0.2) is 0 Å². The van der Waals surface area contributed by atoms with Gasteiger partial charge in [0, 0.05) is 23.3 Å². The number of nitrogens with one attached hydrogen (secondary N) is 1. The fourth-order valence-electron chi connectivity index (χ4n) is 3.41. The molecule has 120 valence electrons. The molecule has 2 atom stereocenters. The van der Waals surface area contributed by atoms with Gasteiger partial charge in [0.25, 0.3) is 0 Å². The summed E-state index contributed by atoms with van der Waals surface area (Å²) >= 11 is 11.8. The van der Waals surface area contributed by atoms with Crippen molar-refractivity contribution in [3.8, 4) is 0 Å². The van der Waals surface area contributed by atoms with Crippen molar-refractivity contribution in [2.24, 2.45) is 0 Å². The Morgan fingerprint density at radius 3 is 2.61 bits per heavy atom. The Hall–Kier alpha value is -1.62. The van der Waals surface area contributed by atoms with Gasteiger partial charge < -0.3 is 15.3 Å². The van der Waals surface area contributed by atoms with E-state index in [9.17, 15) is 5.11 Å². The summed E-state index contributed by atoms with van der Waals surface area (Å²) in [6.07, 6.45) is -0.0412. The largest absolute Gasteiger partial charge is 0.390 e. The third-order valence-corrected chi connectivity index (χ3v) is 5.16. The zero-order chi connectivity index (χ0) is 16.6. The van der Waals surface area contributed by atoms with Crippen LogP contribution >= 0.6 is 23.8 Å². The molecule has 1 aliphatic rings. The highest BCUT2D eigenvalue weighted by atomic mass is 35.5. The average molecular weight is 347 g/mol. The van der Waals surface area contributed by atoms with E-state index in [1.165, 1.54) is 0 Å². The number of hydrogen-bond acceptors (Lipinski definition) is 2. The molecule has 0 fully saturated rings. The molecule has 2 N–H and O–H groups in total. The summed E-state index contributed by atoms with van der Waals surface area (Å²) < 4.78 is 0. The van der Waals surface area contributed by atoms with Crippen molar-refractivity contribution in [3.63, 3.8) is 0 Å². The Balaban J connectivity index is 2.38. The quantitative estimate of drug-likeness (QED) is 0.823.